The molecule has 0 atom stereocenters. The Balaban J connectivity index is 1.19. The van der Waals surface area contributed by atoms with E-state index < -0.39 is 17.6 Å². The molecule has 184 valence electrons. The fraction of sp³-hybridized carbons (Fsp3) is 0.240. The van der Waals surface area contributed by atoms with Gasteiger partial charge in [0.2, 0.25) is 11.9 Å². The van der Waals surface area contributed by atoms with Crippen molar-refractivity contribution in [3.05, 3.63) is 78.1 Å². The second-order valence-electron chi connectivity index (χ2n) is 8.64. The van der Waals surface area contributed by atoms with Crippen molar-refractivity contribution in [2.75, 3.05) is 10.6 Å². The van der Waals surface area contributed by atoms with Crippen LogP contribution in [0.4, 0.5) is 30.5 Å². The number of carbonyl (C=O) groups excluding carboxylic acids is 1. The summed E-state index contributed by atoms with van der Waals surface area (Å²) in [6.45, 7) is 1.27. The zero-order valence-electron chi connectivity index (χ0n) is 19.3. The van der Waals surface area contributed by atoms with Gasteiger partial charge in [-0.15, -0.1) is 0 Å². The van der Waals surface area contributed by atoms with Crippen molar-refractivity contribution in [3.8, 4) is 11.1 Å². The highest BCUT2D eigenvalue weighted by Crippen LogP contribution is 2.35. The van der Waals surface area contributed by atoms with Crippen LogP contribution < -0.4 is 10.6 Å². The predicted molar refractivity (Wildman–Crippen MR) is 128 cm³/mol. The molecule has 5 rings (SSSR count). The van der Waals surface area contributed by atoms with E-state index >= 15 is 0 Å². The molecule has 0 spiro atoms. The first-order valence-electron chi connectivity index (χ1n) is 11.3. The number of aryl methyl sites for hydroxylation is 1. The summed E-state index contributed by atoms with van der Waals surface area (Å²) in [6.07, 6.45) is 6.07. The molecule has 0 unspecified atom stereocenters. The quantitative estimate of drug-likeness (QED) is 0.362. The lowest BCUT2D eigenvalue weighted by atomic mass is 10.0. The molecule has 3 heterocycles. The molecular weight excluding hydrogens is 471 g/mol. The van der Waals surface area contributed by atoms with Gasteiger partial charge in [0, 0.05) is 29.8 Å². The number of amides is 1. The molecule has 0 saturated heterocycles. The highest BCUT2D eigenvalue weighted by atomic mass is 19.4. The van der Waals surface area contributed by atoms with Gasteiger partial charge in [-0.2, -0.15) is 18.3 Å². The summed E-state index contributed by atoms with van der Waals surface area (Å²) in [4.78, 5) is 24.8. The first kappa shape index (κ1) is 23.5. The second kappa shape index (κ2) is 9.40. The SMILES string of the molecule is Cc1ncc(NC(=O)Cc2ccc(-c3cnc(Nc4cnn(C5CC5)c4)nc3)cc2)cc1C(F)(F)F. The largest absolute Gasteiger partial charge is 0.418 e. The van der Waals surface area contributed by atoms with Gasteiger partial charge in [-0.3, -0.25) is 14.5 Å². The van der Waals surface area contributed by atoms with Gasteiger partial charge in [0.05, 0.1) is 41.8 Å². The number of nitrogens with zero attached hydrogens (tertiary/aromatic N) is 5. The summed E-state index contributed by atoms with van der Waals surface area (Å²) in [5.74, 6) is 0.0203. The standard InChI is InChI=1S/C25H22F3N7O/c1-15-22(25(26,27)28)9-19(12-29-15)33-23(36)8-16-2-4-17(5-3-16)18-10-30-24(31-11-18)34-20-13-32-35(14-20)21-6-7-21/h2-5,9-14,21H,6-8H2,1H3,(H,33,36)(H,30,31,34). The van der Waals surface area contributed by atoms with Crippen LogP contribution in [0.15, 0.2) is 61.3 Å². The molecule has 1 amide bonds. The third kappa shape index (κ3) is 5.51. The number of benzene rings is 1. The molecule has 0 aliphatic heterocycles. The van der Waals surface area contributed by atoms with Crippen LogP contribution in [0.5, 0.6) is 0 Å². The Morgan fingerprint density at radius 3 is 2.39 bits per heavy atom. The topological polar surface area (TPSA) is 97.6 Å². The highest BCUT2D eigenvalue weighted by Gasteiger charge is 2.33. The number of hydrogen-bond donors (Lipinski definition) is 2. The van der Waals surface area contributed by atoms with Gasteiger partial charge in [0.25, 0.3) is 0 Å². The van der Waals surface area contributed by atoms with E-state index in [0.29, 0.717) is 17.6 Å². The van der Waals surface area contributed by atoms with Gasteiger partial charge in [0.15, 0.2) is 0 Å². The Bertz CT molecular complexity index is 1380. The average molecular weight is 493 g/mol. The molecule has 0 bridgehead atoms. The van der Waals surface area contributed by atoms with E-state index in [2.05, 4.69) is 30.7 Å². The van der Waals surface area contributed by atoms with Crippen LogP contribution in [-0.2, 0) is 17.4 Å². The molecular formula is C25H22F3N7O. The van der Waals surface area contributed by atoms with Crippen molar-refractivity contribution in [2.45, 2.75) is 38.4 Å². The molecule has 1 aliphatic carbocycles. The normalized spacial score (nSPS) is 13.4. The summed E-state index contributed by atoms with van der Waals surface area (Å²) in [7, 11) is 0. The van der Waals surface area contributed by atoms with Gasteiger partial charge in [0.1, 0.15) is 0 Å². The Labute approximate surface area is 204 Å². The number of halogens is 3. The fourth-order valence-corrected chi connectivity index (χ4v) is 3.71. The maximum Gasteiger partial charge on any atom is 0.418 e. The number of alkyl halides is 3. The van der Waals surface area contributed by atoms with Crippen molar-refractivity contribution in [2.24, 2.45) is 0 Å². The summed E-state index contributed by atoms with van der Waals surface area (Å²) < 4.78 is 41.2. The van der Waals surface area contributed by atoms with E-state index in [1.165, 1.54) is 13.1 Å². The minimum absolute atomic E-state index is 0.000259. The molecule has 1 fully saturated rings. The smallest absolute Gasteiger partial charge is 0.324 e. The van der Waals surface area contributed by atoms with Crippen LogP contribution in [-0.4, -0.2) is 30.6 Å². The summed E-state index contributed by atoms with van der Waals surface area (Å²) in [6, 6.07) is 8.62. The van der Waals surface area contributed by atoms with Gasteiger partial charge >= 0.3 is 6.18 Å². The molecule has 11 heteroatoms. The van der Waals surface area contributed by atoms with Crippen LogP contribution in [0.2, 0.25) is 0 Å². The third-order valence-electron chi connectivity index (χ3n) is 5.76. The average Bonchev–Trinajstić information content (AvgIpc) is 3.59. The van der Waals surface area contributed by atoms with Crippen LogP contribution in [0.3, 0.4) is 0 Å². The minimum atomic E-state index is -4.54. The lowest BCUT2D eigenvalue weighted by molar-refractivity contribution is -0.138. The Kier molecular flexibility index (Phi) is 6.13. The van der Waals surface area contributed by atoms with Crippen LogP contribution >= 0.6 is 0 Å². The van der Waals surface area contributed by atoms with E-state index in [4.69, 9.17) is 0 Å². The number of hydrogen-bond acceptors (Lipinski definition) is 6. The fourth-order valence-electron chi connectivity index (χ4n) is 3.71. The molecule has 8 nitrogen and oxygen atoms in total. The van der Waals surface area contributed by atoms with E-state index in [0.717, 1.165) is 35.7 Å². The molecule has 0 radical (unpaired) electrons. The van der Waals surface area contributed by atoms with Crippen molar-refractivity contribution in [1.29, 1.82) is 0 Å². The van der Waals surface area contributed by atoms with Gasteiger partial charge < -0.3 is 10.6 Å². The number of rotatable bonds is 7. The van der Waals surface area contributed by atoms with Gasteiger partial charge in [-0.05, 0) is 37.0 Å². The van der Waals surface area contributed by atoms with Crippen molar-refractivity contribution in [1.82, 2.24) is 24.7 Å². The summed E-state index contributed by atoms with van der Waals surface area (Å²) >= 11 is 0. The lowest BCUT2D eigenvalue weighted by Gasteiger charge is -2.12. The van der Waals surface area contributed by atoms with E-state index in [-0.39, 0.29) is 17.8 Å². The van der Waals surface area contributed by atoms with Crippen LogP contribution in [0, 0.1) is 6.92 Å². The maximum absolute atomic E-state index is 13.1. The van der Waals surface area contributed by atoms with E-state index in [9.17, 15) is 18.0 Å². The Hall–Kier alpha value is -4.28. The predicted octanol–water partition coefficient (Wildman–Crippen LogP) is 5.32. The number of aromatic nitrogens is 5. The molecule has 2 N–H and O–H groups in total. The zero-order chi connectivity index (χ0) is 25.3. The maximum atomic E-state index is 13.1. The molecule has 4 aromatic rings. The highest BCUT2D eigenvalue weighted by molar-refractivity contribution is 5.92. The molecule has 1 aromatic carbocycles. The second-order valence-corrected chi connectivity index (χ2v) is 8.64. The number of pyridine rings is 1. The van der Waals surface area contributed by atoms with Crippen LogP contribution in [0.25, 0.3) is 11.1 Å². The zero-order valence-corrected chi connectivity index (χ0v) is 19.3. The monoisotopic (exact) mass is 493 g/mol. The van der Waals surface area contributed by atoms with E-state index in [1.807, 2.05) is 23.0 Å². The van der Waals surface area contributed by atoms with Crippen LogP contribution in [0.1, 0.15) is 35.7 Å². The summed E-state index contributed by atoms with van der Waals surface area (Å²) in [5, 5.41) is 9.94. The number of carbonyl (C=O) groups is 1. The third-order valence-corrected chi connectivity index (χ3v) is 5.76. The molecule has 1 saturated carbocycles. The van der Waals surface area contributed by atoms with E-state index in [1.54, 1.807) is 30.7 Å². The molecule has 36 heavy (non-hydrogen) atoms. The van der Waals surface area contributed by atoms with Crippen molar-refractivity contribution < 1.29 is 18.0 Å². The first-order chi connectivity index (χ1) is 17.2. The molecule has 3 aromatic heterocycles. The van der Waals surface area contributed by atoms with Crippen molar-refractivity contribution >= 4 is 23.2 Å². The Morgan fingerprint density at radius 1 is 1.00 bits per heavy atom. The first-order valence-corrected chi connectivity index (χ1v) is 11.3. The Morgan fingerprint density at radius 2 is 1.72 bits per heavy atom. The van der Waals surface area contributed by atoms with Gasteiger partial charge in [-0.1, -0.05) is 24.3 Å². The minimum Gasteiger partial charge on any atom is -0.324 e. The number of anilines is 3. The number of nitrogens with one attached hydrogen (secondary N) is 2. The van der Waals surface area contributed by atoms with Crippen molar-refractivity contribution in [3.63, 3.8) is 0 Å². The summed E-state index contributed by atoms with van der Waals surface area (Å²) in [5.41, 5.74) is 2.18. The molecule has 1 aliphatic rings. The van der Waals surface area contributed by atoms with Gasteiger partial charge in [-0.25, -0.2) is 9.97 Å². The lowest BCUT2D eigenvalue weighted by Crippen LogP contribution is -2.16.